The molecule has 7 heteroatoms. The van der Waals surface area contributed by atoms with Crippen LogP contribution in [-0.4, -0.2) is 62.1 Å². The summed E-state index contributed by atoms with van der Waals surface area (Å²) in [6, 6.07) is 16.9. The number of rotatable bonds is 8. The Bertz CT molecular complexity index is 856. The number of hydrogen-bond acceptors (Lipinski definition) is 6. The van der Waals surface area contributed by atoms with Crippen molar-refractivity contribution in [2.75, 3.05) is 45.2 Å². The maximum Gasteiger partial charge on any atom is 0.306 e. The first kappa shape index (κ1) is 22.6. The molecule has 0 aliphatic carbocycles. The lowest BCUT2D eigenvalue weighted by molar-refractivity contribution is -0.143. The number of carbonyl (C=O) groups is 1. The smallest absolute Gasteiger partial charge is 0.306 e. The Morgan fingerprint density at radius 3 is 2.31 bits per heavy atom. The minimum atomic E-state index is -0.647. The van der Waals surface area contributed by atoms with E-state index in [1.807, 2.05) is 12.1 Å². The Morgan fingerprint density at radius 1 is 1.06 bits per heavy atom. The summed E-state index contributed by atoms with van der Waals surface area (Å²) in [5, 5.41) is 19.7. The molecule has 172 valence electrons. The molecule has 0 saturated carbocycles. The van der Waals surface area contributed by atoms with Crippen LogP contribution in [0.4, 0.5) is 5.69 Å². The van der Waals surface area contributed by atoms with E-state index < -0.39 is 5.97 Å². The van der Waals surface area contributed by atoms with Crippen LogP contribution in [0.3, 0.4) is 0 Å². The van der Waals surface area contributed by atoms with Crippen LogP contribution >= 0.6 is 0 Å². The van der Waals surface area contributed by atoms with Crippen LogP contribution in [0.2, 0.25) is 0 Å². The fourth-order valence-corrected chi connectivity index (χ4v) is 4.50. The summed E-state index contributed by atoms with van der Waals surface area (Å²) in [7, 11) is 1.69. The molecule has 0 radical (unpaired) electrons. The number of nitrogens with zero attached hydrogens (tertiary/aromatic N) is 1. The van der Waals surface area contributed by atoms with Crippen molar-refractivity contribution in [2.24, 2.45) is 5.92 Å². The van der Waals surface area contributed by atoms with Gasteiger partial charge in [-0.25, -0.2) is 0 Å². The van der Waals surface area contributed by atoms with Crippen LogP contribution < -0.4 is 20.7 Å². The van der Waals surface area contributed by atoms with Gasteiger partial charge in [0, 0.05) is 31.2 Å². The van der Waals surface area contributed by atoms with E-state index in [-0.39, 0.29) is 12.2 Å². The zero-order valence-electron chi connectivity index (χ0n) is 18.7. The van der Waals surface area contributed by atoms with Gasteiger partial charge in [0.2, 0.25) is 0 Å². The van der Waals surface area contributed by atoms with Crippen molar-refractivity contribution in [1.29, 1.82) is 0 Å². The summed E-state index contributed by atoms with van der Waals surface area (Å²) in [5.41, 5.74) is 3.70. The molecule has 0 atom stereocenters. The van der Waals surface area contributed by atoms with Crippen LogP contribution in [0.25, 0.3) is 0 Å². The molecular weight excluding hydrogens is 404 g/mol. The third-order valence-electron chi connectivity index (χ3n) is 6.64. The van der Waals surface area contributed by atoms with Gasteiger partial charge in [-0.2, -0.15) is 0 Å². The molecule has 2 heterocycles. The lowest BCUT2D eigenvalue weighted by atomic mass is 9.97. The van der Waals surface area contributed by atoms with Crippen molar-refractivity contribution in [3.05, 3.63) is 59.7 Å². The van der Waals surface area contributed by atoms with E-state index in [4.69, 9.17) is 9.84 Å². The number of anilines is 1. The Labute approximate surface area is 190 Å². The fraction of sp³-hybridized carbons (Fsp3) is 0.480. The first-order chi connectivity index (χ1) is 15.6. The van der Waals surface area contributed by atoms with E-state index in [2.05, 4.69) is 57.2 Å². The molecule has 0 amide bonds. The monoisotopic (exact) mass is 438 g/mol. The quantitative estimate of drug-likeness (QED) is 0.504. The summed E-state index contributed by atoms with van der Waals surface area (Å²) in [5.74, 6) is 0.508. The molecule has 32 heavy (non-hydrogen) atoms. The van der Waals surface area contributed by atoms with Crippen molar-refractivity contribution < 1.29 is 14.6 Å². The van der Waals surface area contributed by atoms with E-state index in [0.717, 1.165) is 63.4 Å². The second-order valence-corrected chi connectivity index (χ2v) is 8.77. The highest BCUT2D eigenvalue weighted by atomic mass is 16.5. The number of piperidine rings is 1. The van der Waals surface area contributed by atoms with Gasteiger partial charge in [0.15, 0.2) is 0 Å². The van der Waals surface area contributed by atoms with Crippen LogP contribution in [0.15, 0.2) is 48.5 Å². The average molecular weight is 439 g/mol. The standard InChI is InChI=1S/C25H34N4O3/c1-32-23-8-4-19(5-9-23)21-16-26-25(27-17-21)28-22-6-2-18(3-7-22)10-13-29-14-11-20(12-15-29)24(30)31/h2-9,20-21,25-28H,10-17H2,1H3,(H,30,31). The van der Waals surface area contributed by atoms with Crippen LogP contribution in [0, 0.1) is 5.92 Å². The van der Waals surface area contributed by atoms with Crippen molar-refractivity contribution in [3.8, 4) is 5.75 Å². The largest absolute Gasteiger partial charge is 0.497 e. The number of methoxy groups -OCH3 is 1. The topological polar surface area (TPSA) is 85.9 Å². The molecule has 0 bridgehead atoms. The van der Waals surface area contributed by atoms with Gasteiger partial charge in [-0.1, -0.05) is 24.3 Å². The van der Waals surface area contributed by atoms with Crippen LogP contribution in [-0.2, 0) is 11.2 Å². The van der Waals surface area contributed by atoms with Crippen molar-refractivity contribution in [2.45, 2.75) is 31.5 Å². The van der Waals surface area contributed by atoms with E-state index in [0.29, 0.717) is 5.92 Å². The van der Waals surface area contributed by atoms with Gasteiger partial charge in [-0.05, 0) is 67.7 Å². The second-order valence-electron chi connectivity index (χ2n) is 8.77. The molecule has 2 aromatic carbocycles. The molecule has 0 aromatic heterocycles. The van der Waals surface area contributed by atoms with Gasteiger partial charge in [0.25, 0.3) is 0 Å². The number of nitrogens with one attached hydrogen (secondary N) is 3. The highest BCUT2D eigenvalue weighted by Crippen LogP contribution is 2.21. The maximum absolute atomic E-state index is 11.1. The van der Waals surface area contributed by atoms with Gasteiger partial charge < -0.3 is 20.1 Å². The molecule has 4 N–H and O–H groups in total. The summed E-state index contributed by atoms with van der Waals surface area (Å²) < 4.78 is 5.24. The maximum atomic E-state index is 11.1. The van der Waals surface area contributed by atoms with E-state index in [1.54, 1.807) is 7.11 Å². The molecule has 2 saturated heterocycles. The molecule has 4 rings (SSSR count). The zero-order chi connectivity index (χ0) is 22.3. The van der Waals surface area contributed by atoms with Crippen molar-refractivity contribution in [3.63, 3.8) is 0 Å². The minimum absolute atomic E-state index is 0.0471. The zero-order valence-corrected chi connectivity index (χ0v) is 18.7. The second kappa shape index (κ2) is 10.8. The lowest BCUT2D eigenvalue weighted by Gasteiger charge is -2.32. The number of likely N-dealkylation sites (tertiary alicyclic amines) is 1. The molecule has 0 unspecified atom stereocenters. The lowest BCUT2D eigenvalue weighted by Crippen LogP contribution is -2.55. The predicted molar refractivity (Wildman–Crippen MR) is 126 cm³/mol. The molecular formula is C25H34N4O3. The van der Waals surface area contributed by atoms with Gasteiger partial charge in [-0.15, -0.1) is 0 Å². The Hall–Kier alpha value is -2.61. The third-order valence-corrected chi connectivity index (χ3v) is 6.64. The number of hydrogen-bond donors (Lipinski definition) is 4. The van der Waals surface area contributed by atoms with Gasteiger partial charge in [0.1, 0.15) is 12.0 Å². The predicted octanol–water partition coefficient (Wildman–Crippen LogP) is 2.71. The Morgan fingerprint density at radius 2 is 1.72 bits per heavy atom. The van der Waals surface area contributed by atoms with Crippen molar-refractivity contribution >= 4 is 11.7 Å². The number of carboxylic acids is 1. The summed E-state index contributed by atoms with van der Waals surface area (Å²) in [4.78, 5) is 13.5. The molecule has 0 spiro atoms. The highest BCUT2D eigenvalue weighted by Gasteiger charge is 2.24. The summed E-state index contributed by atoms with van der Waals surface area (Å²) >= 11 is 0. The van der Waals surface area contributed by atoms with Gasteiger partial charge in [0.05, 0.1) is 13.0 Å². The van der Waals surface area contributed by atoms with E-state index in [9.17, 15) is 4.79 Å². The van der Waals surface area contributed by atoms with Crippen LogP contribution in [0.5, 0.6) is 5.75 Å². The molecule has 7 nitrogen and oxygen atoms in total. The van der Waals surface area contributed by atoms with E-state index in [1.165, 1.54) is 11.1 Å². The normalized spacial score (nSPS) is 22.4. The van der Waals surface area contributed by atoms with E-state index >= 15 is 0 Å². The molecule has 2 aliphatic rings. The number of aliphatic carboxylic acids is 1. The fourth-order valence-electron chi connectivity index (χ4n) is 4.50. The summed E-state index contributed by atoms with van der Waals surface area (Å²) in [6.45, 7) is 4.57. The molecule has 2 fully saturated rings. The van der Waals surface area contributed by atoms with Gasteiger partial charge >= 0.3 is 5.97 Å². The highest BCUT2D eigenvalue weighted by molar-refractivity contribution is 5.70. The Balaban J connectivity index is 1.18. The third kappa shape index (κ3) is 6.00. The number of ether oxygens (including phenoxy) is 1. The summed E-state index contributed by atoms with van der Waals surface area (Å²) in [6.07, 6.45) is 2.56. The SMILES string of the molecule is COc1ccc(C2CNC(Nc3ccc(CCN4CCC(C(=O)O)CC4)cc3)NC2)cc1. The number of carboxylic acid groups (broad SMARTS) is 1. The van der Waals surface area contributed by atoms with Gasteiger partial charge in [-0.3, -0.25) is 15.4 Å². The first-order valence-corrected chi connectivity index (χ1v) is 11.5. The number of benzene rings is 2. The average Bonchev–Trinajstić information content (AvgIpc) is 2.84. The Kier molecular flexibility index (Phi) is 7.63. The first-order valence-electron chi connectivity index (χ1n) is 11.5. The van der Waals surface area contributed by atoms with Crippen LogP contribution in [0.1, 0.15) is 29.9 Å². The molecule has 2 aromatic rings. The minimum Gasteiger partial charge on any atom is -0.497 e. The molecule has 2 aliphatic heterocycles. The van der Waals surface area contributed by atoms with Crippen molar-refractivity contribution in [1.82, 2.24) is 15.5 Å².